The number of amides is 3. The lowest BCUT2D eigenvalue weighted by atomic mass is 9.86. The predicted octanol–water partition coefficient (Wildman–Crippen LogP) is 6.41. The van der Waals surface area contributed by atoms with E-state index in [0.29, 0.717) is 49.3 Å². The molecule has 1 unspecified atom stereocenters. The molecule has 3 atom stereocenters. The van der Waals surface area contributed by atoms with Crippen molar-refractivity contribution in [2.75, 3.05) is 24.3 Å². The Morgan fingerprint density at radius 2 is 1.85 bits per heavy atom. The molecule has 1 fully saturated rings. The first-order valence-corrected chi connectivity index (χ1v) is 13.7. The molecule has 3 aromatic rings. The van der Waals surface area contributed by atoms with Gasteiger partial charge in [-0.3, -0.25) is 19.9 Å². The van der Waals surface area contributed by atoms with Gasteiger partial charge >= 0.3 is 6.09 Å². The molecule has 8 nitrogen and oxygen atoms in total. The van der Waals surface area contributed by atoms with Crippen LogP contribution in [-0.4, -0.2) is 41.4 Å². The van der Waals surface area contributed by atoms with Crippen molar-refractivity contribution in [3.8, 4) is 11.1 Å². The Balaban J connectivity index is 1.48. The minimum Gasteiger partial charge on any atom is -0.453 e. The van der Waals surface area contributed by atoms with Gasteiger partial charge in [-0.2, -0.15) is 0 Å². The molecule has 0 spiro atoms. The van der Waals surface area contributed by atoms with E-state index in [2.05, 4.69) is 20.4 Å². The average molecular weight is 563 g/mol. The molecule has 10 heteroatoms. The smallest absolute Gasteiger partial charge is 0.411 e. The summed E-state index contributed by atoms with van der Waals surface area (Å²) in [6.07, 6.45) is 3.32. The number of benzene rings is 2. The van der Waals surface area contributed by atoms with E-state index in [0.717, 1.165) is 11.1 Å². The molecular weight excluding hydrogens is 530 g/mol. The van der Waals surface area contributed by atoms with E-state index < -0.39 is 23.6 Å². The second kappa shape index (κ2) is 12.0. The van der Waals surface area contributed by atoms with Crippen molar-refractivity contribution in [3.63, 3.8) is 0 Å². The second-order valence-corrected chi connectivity index (χ2v) is 10.6. The SMILES string of the molecule is COC(=O)Nc1ccc2c(c1)NC(=O)[C@H](C)CCC[C@H](N1CCC(c3c(F)cccc3F)CC1=O)c1cc-2ccn1. The summed E-state index contributed by atoms with van der Waals surface area (Å²) in [5.41, 5.74) is 3.16. The highest BCUT2D eigenvalue weighted by Gasteiger charge is 2.35. The Morgan fingerprint density at radius 1 is 1.07 bits per heavy atom. The van der Waals surface area contributed by atoms with Gasteiger partial charge in [0, 0.05) is 47.8 Å². The van der Waals surface area contributed by atoms with E-state index in [4.69, 9.17) is 0 Å². The van der Waals surface area contributed by atoms with Crippen LogP contribution >= 0.6 is 0 Å². The Morgan fingerprint density at radius 3 is 2.59 bits per heavy atom. The fraction of sp³-hybridized carbons (Fsp3) is 0.355. The van der Waals surface area contributed by atoms with Gasteiger partial charge in [0.1, 0.15) is 11.6 Å². The molecule has 2 bridgehead atoms. The molecule has 0 saturated carbocycles. The fourth-order valence-electron chi connectivity index (χ4n) is 5.74. The van der Waals surface area contributed by atoms with Gasteiger partial charge in [-0.1, -0.05) is 25.5 Å². The van der Waals surface area contributed by atoms with Gasteiger partial charge in [-0.15, -0.1) is 0 Å². The Kier molecular flexibility index (Phi) is 8.28. The van der Waals surface area contributed by atoms with Gasteiger partial charge in [0.15, 0.2) is 0 Å². The van der Waals surface area contributed by atoms with Gasteiger partial charge in [0.05, 0.1) is 24.5 Å². The minimum absolute atomic E-state index is 0.00561. The van der Waals surface area contributed by atoms with Crippen LogP contribution in [0.1, 0.15) is 62.2 Å². The number of pyridine rings is 1. The largest absolute Gasteiger partial charge is 0.453 e. The first kappa shape index (κ1) is 28.2. The van der Waals surface area contributed by atoms with E-state index in [-0.39, 0.29) is 35.8 Å². The molecular formula is C31H32F2N4O4. The highest BCUT2D eigenvalue weighted by molar-refractivity contribution is 5.98. The maximum atomic E-state index is 14.5. The average Bonchev–Trinajstić information content (AvgIpc) is 2.95. The normalized spacial score (nSPS) is 21.2. The van der Waals surface area contributed by atoms with Crippen molar-refractivity contribution in [2.24, 2.45) is 5.92 Å². The van der Waals surface area contributed by atoms with Crippen LogP contribution in [0.5, 0.6) is 0 Å². The van der Waals surface area contributed by atoms with E-state index in [1.165, 1.54) is 25.3 Å². The van der Waals surface area contributed by atoms with Crippen LogP contribution in [0.25, 0.3) is 11.1 Å². The van der Waals surface area contributed by atoms with Crippen molar-refractivity contribution >= 4 is 29.3 Å². The number of fused-ring (bicyclic) bond motifs is 4. The van der Waals surface area contributed by atoms with Crippen LogP contribution < -0.4 is 10.6 Å². The molecule has 0 radical (unpaired) electrons. The summed E-state index contributed by atoms with van der Waals surface area (Å²) in [7, 11) is 1.27. The molecule has 5 rings (SSSR count). The number of piperidine rings is 1. The molecule has 3 heterocycles. The van der Waals surface area contributed by atoms with Crippen molar-refractivity contribution in [3.05, 3.63) is 77.6 Å². The molecule has 1 saturated heterocycles. The number of aromatic nitrogens is 1. The predicted molar refractivity (Wildman–Crippen MR) is 150 cm³/mol. The third-order valence-corrected chi connectivity index (χ3v) is 7.95. The highest BCUT2D eigenvalue weighted by Crippen LogP contribution is 2.39. The van der Waals surface area contributed by atoms with E-state index >= 15 is 0 Å². The van der Waals surface area contributed by atoms with Crippen molar-refractivity contribution in [1.82, 2.24) is 9.88 Å². The van der Waals surface area contributed by atoms with Crippen LogP contribution in [0.3, 0.4) is 0 Å². The zero-order chi connectivity index (χ0) is 29.1. The zero-order valence-electron chi connectivity index (χ0n) is 23.0. The number of nitrogens with one attached hydrogen (secondary N) is 2. The number of ether oxygens (including phenoxy) is 1. The van der Waals surface area contributed by atoms with Crippen LogP contribution in [0, 0.1) is 17.6 Å². The first-order chi connectivity index (χ1) is 19.7. The molecule has 3 amide bonds. The molecule has 0 aliphatic carbocycles. The Bertz CT molecular complexity index is 1460. The third kappa shape index (κ3) is 6.06. The minimum atomic E-state index is -0.632. The van der Waals surface area contributed by atoms with E-state index in [1.807, 2.05) is 19.1 Å². The van der Waals surface area contributed by atoms with Crippen LogP contribution in [0.4, 0.5) is 25.0 Å². The Hall–Kier alpha value is -4.34. The van der Waals surface area contributed by atoms with Gasteiger partial charge in [-0.05, 0) is 61.2 Å². The molecule has 2 aromatic carbocycles. The number of carbonyl (C=O) groups excluding carboxylic acids is 3. The van der Waals surface area contributed by atoms with Crippen molar-refractivity contribution < 1.29 is 27.9 Å². The molecule has 214 valence electrons. The van der Waals surface area contributed by atoms with Crippen molar-refractivity contribution in [2.45, 2.75) is 51.0 Å². The maximum Gasteiger partial charge on any atom is 0.411 e. The first-order valence-electron chi connectivity index (χ1n) is 13.7. The van der Waals surface area contributed by atoms with Gasteiger partial charge < -0.3 is 15.0 Å². The lowest BCUT2D eigenvalue weighted by Gasteiger charge is -2.38. The van der Waals surface area contributed by atoms with Crippen LogP contribution in [-0.2, 0) is 14.3 Å². The Labute approximate surface area is 237 Å². The molecule has 2 aliphatic rings. The van der Waals surface area contributed by atoms with Gasteiger partial charge in [-0.25, -0.2) is 13.6 Å². The number of hydrogen-bond acceptors (Lipinski definition) is 5. The molecule has 1 aromatic heterocycles. The summed E-state index contributed by atoms with van der Waals surface area (Å²) in [5.74, 6) is -2.44. The summed E-state index contributed by atoms with van der Waals surface area (Å²) in [6, 6.07) is 12.3. The molecule has 41 heavy (non-hydrogen) atoms. The summed E-state index contributed by atoms with van der Waals surface area (Å²) < 4.78 is 33.6. The molecule has 2 aliphatic heterocycles. The van der Waals surface area contributed by atoms with Crippen LogP contribution in [0.15, 0.2) is 54.7 Å². The lowest BCUT2D eigenvalue weighted by Crippen LogP contribution is -2.41. The topological polar surface area (TPSA) is 101 Å². The van der Waals surface area contributed by atoms with Crippen LogP contribution in [0.2, 0.25) is 0 Å². The number of rotatable bonds is 3. The molecule has 2 N–H and O–H groups in total. The number of likely N-dealkylation sites (tertiary alicyclic amines) is 1. The lowest BCUT2D eigenvalue weighted by molar-refractivity contribution is -0.137. The third-order valence-electron chi connectivity index (χ3n) is 7.95. The number of anilines is 2. The number of methoxy groups -OCH3 is 1. The van der Waals surface area contributed by atoms with E-state index in [9.17, 15) is 23.2 Å². The maximum absolute atomic E-state index is 14.5. The van der Waals surface area contributed by atoms with E-state index in [1.54, 1.807) is 29.3 Å². The standard InChI is InChI=1S/C31H32F2N4O4/c1-18-5-3-8-27(37-14-12-20(16-28(37)38)29-23(32)6-4-7-24(29)33)26-15-19(11-13-34-26)22-10-9-21(35-31(40)41-2)17-25(22)36-30(18)39/h4,6-7,9-11,13,15,17-18,20,27H,3,5,8,12,14,16H2,1-2H3,(H,35,40)(H,36,39)/t18-,20?,27+/m1/s1. The van der Waals surface area contributed by atoms with Gasteiger partial charge in [0.2, 0.25) is 11.8 Å². The van der Waals surface area contributed by atoms with Crippen molar-refractivity contribution in [1.29, 1.82) is 0 Å². The summed E-state index contributed by atoms with van der Waals surface area (Å²) >= 11 is 0. The van der Waals surface area contributed by atoms with Gasteiger partial charge in [0.25, 0.3) is 0 Å². The number of hydrogen-bond donors (Lipinski definition) is 2. The second-order valence-electron chi connectivity index (χ2n) is 10.6. The summed E-state index contributed by atoms with van der Waals surface area (Å²) in [4.78, 5) is 44.8. The number of nitrogens with zero attached hydrogens (tertiary/aromatic N) is 2. The summed E-state index contributed by atoms with van der Waals surface area (Å²) in [5, 5.41) is 5.62. The zero-order valence-corrected chi connectivity index (χ0v) is 23.0. The fourth-order valence-corrected chi connectivity index (χ4v) is 5.74. The monoisotopic (exact) mass is 562 g/mol. The quantitative estimate of drug-likeness (QED) is 0.384. The summed E-state index contributed by atoms with van der Waals surface area (Å²) in [6.45, 7) is 2.19. The highest BCUT2D eigenvalue weighted by atomic mass is 19.1. The number of carbonyl (C=O) groups is 3. The number of halogens is 2.